The Morgan fingerprint density at radius 3 is 1.67 bits per heavy atom. The van der Waals surface area contributed by atoms with Crippen LogP contribution in [0.2, 0.25) is 0 Å². The normalized spacial score (nSPS) is 16.2. The van der Waals surface area contributed by atoms with Gasteiger partial charge in [-0.2, -0.15) is 0 Å². The molecular weight excluding hydrogens is 210 g/mol. The maximum absolute atomic E-state index is 5.37. The molecule has 4 nitrogen and oxygen atoms in total. The van der Waals surface area contributed by atoms with Crippen molar-refractivity contribution in [2.45, 2.75) is 24.6 Å². The summed E-state index contributed by atoms with van der Waals surface area (Å²) >= 11 is 0. The minimum absolute atomic E-state index is 0.574. The molecule has 0 aromatic heterocycles. The Labute approximate surface area is 95.9 Å². The number of nitrogens with zero attached hydrogens (tertiary/aromatic N) is 1. The first-order chi connectivity index (χ1) is 6.85. The lowest BCUT2D eigenvalue weighted by molar-refractivity contribution is -0.883. The fourth-order valence-electron chi connectivity index (χ4n) is 1.75. The van der Waals surface area contributed by atoms with Gasteiger partial charge in [-0.25, -0.2) is 0 Å². The lowest BCUT2D eigenvalue weighted by Crippen LogP contribution is -2.57. The Morgan fingerprint density at radius 1 is 1.07 bits per heavy atom. The van der Waals surface area contributed by atoms with E-state index in [1.54, 1.807) is 21.3 Å². The maximum atomic E-state index is 5.37. The second-order valence-electron chi connectivity index (χ2n) is 4.68. The molecule has 0 bridgehead atoms. The van der Waals surface area contributed by atoms with E-state index >= 15 is 0 Å². The third-order valence-corrected chi connectivity index (χ3v) is 6.50. The molecule has 0 N–H and O–H groups in total. The fourth-order valence-corrected chi connectivity index (χ4v) is 3.67. The van der Waals surface area contributed by atoms with Crippen LogP contribution in [0.3, 0.4) is 0 Å². The quantitative estimate of drug-likeness (QED) is 0.358. The van der Waals surface area contributed by atoms with Gasteiger partial charge >= 0.3 is 0 Å². The third kappa shape index (κ3) is 4.20. The summed E-state index contributed by atoms with van der Waals surface area (Å²) in [4.78, 5) is 0. The van der Waals surface area contributed by atoms with Gasteiger partial charge in [0.15, 0.2) is 9.52 Å². The molecule has 0 heterocycles. The largest absolute Gasteiger partial charge is 0.335 e. The van der Waals surface area contributed by atoms with Crippen LogP contribution < -0.4 is 0 Å². The molecule has 0 spiro atoms. The predicted octanol–water partition coefficient (Wildman–Crippen LogP) is 0.148. The van der Waals surface area contributed by atoms with Crippen molar-refractivity contribution in [3.63, 3.8) is 0 Å². The van der Waals surface area contributed by atoms with E-state index in [9.17, 15) is 0 Å². The van der Waals surface area contributed by atoms with E-state index in [2.05, 4.69) is 28.1 Å². The minimum Gasteiger partial charge on any atom is -0.335 e. The first-order valence-electron chi connectivity index (χ1n) is 5.31. The maximum Gasteiger partial charge on any atom is 0.255 e. The number of hydrogen-bond acceptors (Lipinski definition) is 3. The van der Waals surface area contributed by atoms with Crippen LogP contribution in [0.1, 0.15) is 13.3 Å². The molecule has 15 heavy (non-hydrogen) atoms. The highest BCUT2D eigenvalue weighted by Crippen LogP contribution is 2.17. The van der Waals surface area contributed by atoms with Crippen molar-refractivity contribution in [2.75, 3.05) is 42.5 Å². The molecular formula is C10H26NO3Si+. The molecule has 92 valence electrons. The SMILES string of the molecule is CCC([SiH2]C(OC)(OC)OC)[N+](C)(C)C. The standard InChI is InChI=1S/C10H26NO3Si/c1-8-9(11(2,3)4)15-10(12-5,13-6)14-7/h9H,8,15H2,1-7H3/q+1. The van der Waals surface area contributed by atoms with Gasteiger partial charge in [0, 0.05) is 21.3 Å². The third-order valence-electron chi connectivity index (χ3n) is 2.99. The average molecular weight is 236 g/mol. The summed E-state index contributed by atoms with van der Waals surface area (Å²) in [6, 6.07) is 0. The summed E-state index contributed by atoms with van der Waals surface area (Å²) in [5.74, 6) is 0. The zero-order chi connectivity index (χ0) is 12.1. The van der Waals surface area contributed by atoms with Gasteiger partial charge in [-0.05, 0) is 6.42 Å². The van der Waals surface area contributed by atoms with E-state index in [0.717, 1.165) is 10.9 Å². The summed E-state index contributed by atoms with van der Waals surface area (Å²) in [6.07, 6.45) is 1.12. The van der Waals surface area contributed by atoms with Crippen molar-refractivity contribution in [3.8, 4) is 0 Å². The summed E-state index contributed by atoms with van der Waals surface area (Å²) in [5, 5.41) is 0. The molecule has 0 saturated heterocycles. The van der Waals surface area contributed by atoms with E-state index in [1.807, 2.05) is 0 Å². The second kappa shape index (κ2) is 5.96. The Bertz CT molecular complexity index is 170. The van der Waals surface area contributed by atoms with Gasteiger partial charge in [-0.1, -0.05) is 6.92 Å². The summed E-state index contributed by atoms with van der Waals surface area (Å²) < 4.78 is 17.0. The predicted molar refractivity (Wildman–Crippen MR) is 64.4 cm³/mol. The smallest absolute Gasteiger partial charge is 0.255 e. The molecule has 0 aromatic rings. The van der Waals surface area contributed by atoms with Crippen molar-refractivity contribution >= 4 is 9.52 Å². The molecule has 1 atom stereocenters. The highest BCUT2D eigenvalue weighted by atomic mass is 28.2. The highest BCUT2D eigenvalue weighted by Gasteiger charge is 2.38. The van der Waals surface area contributed by atoms with E-state index in [0.29, 0.717) is 5.67 Å². The van der Waals surface area contributed by atoms with Crippen LogP contribution in [0.4, 0.5) is 0 Å². The van der Waals surface area contributed by atoms with Crippen LogP contribution in [-0.4, -0.2) is 67.7 Å². The highest BCUT2D eigenvalue weighted by molar-refractivity contribution is 6.39. The number of rotatable bonds is 7. The number of hydrogen-bond donors (Lipinski definition) is 0. The van der Waals surface area contributed by atoms with Crippen molar-refractivity contribution in [3.05, 3.63) is 0 Å². The zero-order valence-corrected chi connectivity index (χ0v) is 12.6. The molecule has 0 saturated carbocycles. The molecule has 5 heteroatoms. The fraction of sp³-hybridized carbons (Fsp3) is 1.00. The summed E-state index contributed by atoms with van der Waals surface area (Å²) in [6.45, 7) is 2.20. The second-order valence-corrected chi connectivity index (χ2v) is 6.89. The van der Waals surface area contributed by atoms with Crippen molar-refractivity contribution in [2.24, 2.45) is 0 Å². The zero-order valence-electron chi connectivity index (χ0n) is 11.2. The summed E-state index contributed by atoms with van der Waals surface area (Å²) in [5.41, 5.74) is -0.198. The average Bonchev–Trinajstić information content (AvgIpc) is 2.19. The molecule has 0 radical (unpaired) electrons. The molecule has 0 aliphatic rings. The van der Waals surface area contributed by atoms with Crippen LogP contribution in [0.25, 0.3) is 0 Å². The van der Waals surface area contributed by atoms with Gasteiger partial charge in [-0.15, -0.1) is 0 Å². The summed E-state index contributed by atoms with van der Waals surface area (Å²) in [7, 11) is 10.9. The van der Waals surface area contributed by atoms with E-state index in [-0.39, 0.29) is 0 Å². The Hall–Kier alpha value is 0.0569. The lowest BCUT2D eigenvalue weighted by atomic mass is 10.4. The van der Waals surface area contributed by atoms with Gasteiger partial charge in [0.05, 0.1) is 26.8 Å². The van der Waals surface area contributed by atoms with Crippen LogP contribution in [-0.2, 0) is 14.2 Å². The van der Waals surface area contributed by atoms with Gasteiger partial charge in [-0.3, -0.25) is 0 Å². The Balaban J connectivity index is 4.63. The van der Waals surface area contributed by atoms with Gasteiger partial charge < -0.3 is 18.7 Å². The molecule has 0 aliphatic heterocycles. The monoisotopic (exact) mass is 236 g/mol. The lowest BCUT2D eigenvalue weighted by Gasteiger charge is -2.38. The molecule has 0 aliphatic carbocycles. The van der Waals surface area contributed by atoms with E-state index in [4.69, 9.17) is 14.2 Å². The van der Waals surface area contributed by atoms with Gasteiger partial charge in [0.2, 0.25) is 0 Å². The molecule has 0 rings (SSSR count). The molecule has 1 unspecified atom stereocenters. The molecule has 0 aromatic carbocycles. The Morgan fingerprint density at radius 2 is 1.47 bits per heavy atom. The number of quaternary nitrogens is 1. The van der Waals surface area contributed by atoms with Crippen LogP contribution in [0.5, 0.6) is 0 Å². The minimum atomic E-state index is -0.772. The molecule has 0 amide bonds. The number of methoxy groups -OCH3 is 3. The van der Waals surface area contributed by atoms with Crippen molar-refractivity contribution in [1.82, 2.24) is 0 Å². The topological polar surface area (TPSA) is 27.7 Å². The first kappa shape index (κ1) is 15.1. The van der Waals surface area contributed by atoms with Gasteiger partial charge in [0.25, 0.3) is 5.60 Å². The van der Waals surface area contributed by atoms with Crippen molar-refractivity contribution in [1.29, 1.82) is 0 Å². The van der Waals surface area contributed by atoms with Crippen molar-refractivity contribution < 1.29 is 18.7 Å². The van der Waals surface area contributed by atoms with E-state index in [1.165, 1.54) is 0 Å². The number of ether oxygens (including phenoxy) is 3. The van der Waals surface area contributed by atoms with E-state index < -0.39 is 15.1 Å². The van der Waals surface area contributed by atoms with Crippen LogP contribution in [0, 0.1) is 0 Å². The van der Waals surface area contributed by atoms with Gasteiger partial charge in [0.1, 0.15) is 0 Å². The first-order valence-corrected chi connectivity index (χ1v) is 6.84. The van der Waals surface area contributed by atoms with Crippen LogP contribution >= 0.6 is 0 Å². The van der Waals surface area contributed by atoms with Crippen LogP contribution in [0.15, 0.2) is 0 Å². The Kier molecular flexibility index (Phi) is 5.98. The molecule has 0 fully saturated rings.